The van der Waals surface area contributed by atoms with Crippen LogP contribution in [0.15, 0.2) is 52.7 Å². The van der Waals surface area contributed by atoms with Crippen LogP contribution in [0.25, 0.3) is 0 Å². The minimum Gasteiger partial charge on any atom is -0.491 e. The van der Waals surface area contributed by atoms with E-state index in [1.165, 1.54) is 34.6 Å². The Morgan fingerprint density at radius 3 is 2.68 bits per heavy atom. The van der Waals surface area contributed by atoms with Crippen LogP contribution in [0.4, 0.5) is 0 Å². The van der Waals surface area contributed by atoms with Crippen molar-refractivity contribution in [1.82, 2.24) is 0 Å². The van der Waals surface area contributed by atoms with E-state index in [0.717, 1.165) is 11.7 Å². The minimum atomic E-state index is 0.191. The molecule has 2 atom stereocenters. The number of aliphatic imine (C=N–C) groups is 1. The second-order valence-corrected chi connectivity index (χ2v) is 7.65. The first kappa shape index (κ1) is 14.1. The third kappa shape index (κ3) is 2.74. The van der Waals surface area contributed by atoms with Crippen LogP contribution in [-0.2, 0) is 11.3 Å². The van der Waals surface area contributed by atoms with E-state index in [0.29, 0.717) is 11.9 Å². The summed E-state index contributed by atoms with van der Waals surface area (Å²) in [6.45, 7) is 4.87. The summed E-state index contributed by atoms with van der Waals surface area (Å²) in [5.41, 5.74) is 3.72. The molecule has 0 saturated heterocycles. The van der Waals surface area contributed by atoms with E-state index in [1.54, 1.807) is 0 Å². The largest absolute Gasteiger partial charge is 0.491 e. The number of nitrogens with zero attached hydrogens (tertiary/aromatic N) is 1. The smallest absolute Gasteiger partial charge is 0.125 e. The molecule has 1 heterocycles. The molecule has 0 bridgehead atoms. The molecule has 1 fully saturated rings. The van der Waals surface area contributed by atoms with Crippen molar-refractivity contribution in [2.45, 2.75) is 44.6 Å². The highest BCUT2D eigenvalue weighted by molar-refractivity contribution is 8.15. The van der Waals surface area contributed by atoms with E-state index in [1.807, 2.05) is 11.8 Å². The highest BCUT2D eigenvalue weighted by Gasteiger charge is 2.40. The van der Waals surface area contributed by atoms with Crippen molar-refractivity contribution in [3.05, 3.63) is 58.9 Å². The van der Waals surface area contributed by atoms with Crippen LogP contribution in [-0.4, -0.2) is 16.3 Å². The van der Waals surface area contributed by atoms with Crippen molar-refractivity contribution in [2.24, 2.45) is 10.9 Å². The standard InChI is InChI=1S/C19H21NOS/c1-12-3-6-14(7-4-12)11-21-18-13(2)5-10-16-17(18)20-19(22-16)15-8-9-15/h3-7,10,15-17H,8-9,11H2,1-2H3. The Morgan fingerprint density at radius 1 is 1.18 bits per heavy atom. The van der Waals surface area contributed by atoms with E-state index in [4.69, 9.17) is 9.73 Å². The lowest BCUT2D eigenvalue weighted by molar-refractivity contribution is 0.178. The molecule has 3 aliphatic rings. The molecule has 0 spiro atoms. The van der Waals surface area contributed by atoms with Gasteiger partial charge in [0, 0.05) is 5.92 Å². The molecule has 1 aromatic carbocycles. The number of fused-ring (bicyclic) bond motifs is 1. The second-order valence-electron chi connectivity index (χ2n) is 6.45. The van der Waals surface area contributed by atoms with Gasteiger partial charge in [-0.15, -0.1) is 11.8 Å². The maximum atomic E-state index is 6.19. The summed E-state index contributed by atoms with van der Waals surface area (Å²) in [4.78, 5) is 4.98. The fourth-order valence-electron chi connectivity index (χ4n) is 2.93. The lowest BCUT2D eigenvalue weighted by Crippen LogP contribution is -2.23. The Bertz CT molecular complexity index is 667. The first-order valence-corrected chi connectivity index (χ1v) is 8.90. The summed E-state index contributed by atoms with van der Waals surface area (Å²) in [5.74, 6) is 1.80. The zero-order valence-electron chi connectivity index (χ0n) is 13.1. The maximum Gasteiger partial charge on any atom is 0.125 e. The van der Waals surface area contributed by atoms with Gasteiger partial charge in [0.1, 0.15) is 18.4 Å². The molecule has 0 aromatic heterocycles. The quantitative estimate of drug-likeness (QED) is 0.807. The Balaban J connectivity index is 1.51. The zero-order chi connectivity index (χ0) is 15.1. The summed E-state index contributed by atoms with van der Waals surface area (Å²) < 4.78 is 6.19. The van der Waals surface area contributed by atoms with Crippen molar-refractivity contribution in [3.63, 3.8) is 0 Å². The molecular formula is C19H21NOS. The molecule has 4 rings (SSSR count). The highest BCUT2D eigenvalue weighted by Crippen LogP contribution is 2.45. The van der Waals surface area contributed by atoms with E-state index in [-0.39, 0.29) is 6.04 Å². The average molecular weight is 311 g/mol. The van der Waals surface area contributed by atoms with Crippen LogP contribution in [0.1, 0.15) is 30.9 Å². The van der Waals surface area contributed by atoms with E-state index < -0.39 is 0 Å². The predicted octanol–water partition coefficient (Wildman–Crippen LogP) is 4.65. The van der Waals surface area contributed by atoms with Gasteiger partial charge in [0.25, 0.3) is 0 Å². The van der Waals surface area contributed by atoms with Gasteiger partial charge < -0.3 is 4.74 Å². The van der Waals surface area contributed by atoms with Gasteiger partial charge in [0.2, 0.25) is 0 Å². The van der Waals surface area contributed by atoms with Crippen LogP contribution in [0.2, 0.25) is 0 Å². The van der Waals surface area contributed by atoms with Crippen LogP contribution in [0.3, 0.4) is 0 Å². The van der Waals surface area contributed by atoms with Crippen molar-refractivity contribution in [3.8, 4) is 0 Å². The fourth-order valence-corrected chi connectivity index (χ4v) is 4.28. The van der Waals surface area contributed by atoms with Crippen LogP contribution >= 0.6 is 11.8 Å². The van der Waals surface area contributed by atoms with E-state index >= 15 is 0 Å². The van der Waals surface area contributed by atoms with Crippen LogP contribution < -0.4 is 0 Å². The molecular weight excluding hydrogens is 290 g/mol. The van der Waals surface area contributed by atoms with Gasteiger partial charge in [-0.25, -0.2) is 0 Å². The average Bonchev–Trinajstić information content (AvgIpc) is 3.28. The monoisotopic (exact) mass is 311 g/mol. The highest BCUT2D eigenvalue weighted by atomic mass is 32.2. The molecule has 1 aliphatic heterocycles. The minimum absolute atomic E-state index is 0.191. The lowest BCUT2D eigenvalue weighted by atomic mass is 10.0. The fraction of sp³-hybridized carbons (Fsp3) is 0.421. The third-order valence-corrected chi connectivity index (χ3v) is 5.84. The van der Waals surface area contributed by atoms with Gasteiger partial charge in [-0.3, -0.25) is 4.99 Å². The normalized spacial score (nSPS) is 26.9. The Kier molecular flexibility index (Phi) is 3.61. The van der Waals surface area contributed by atoms with Crippen molar-refractivity contribution in [2.75, 3.05) is 0 Å². The van der Waals surface area contributed by atoms with Crippen molar-refractivity contribution < 1.29 is 4.74 Å². The Labute approximate surface area is 136 Å². The summed E-state index contributed by atoms with van der Waals surface area (Å²) >= 11 is 1.94. The Morgan fingerprint density at radius 2 is 1.95 bits per heavy atom. The van der Waals surface area contributed by atoms with Gasteiger partial charge in [-0.05, 0) is 37.8 Å². The first-order valence-electron chi connectivity index (χ1n) is 8.02. The first-order chi connectivity index (χ1) is 10.7. The molecule has 0 amide bonds. The van der Waals surface area contributed by atoms with E-state index in [2.05, 4.69) is 50.3 Å². The predicted molar refractivity (Wildman–Crippen MR) is 93.1 cm³/mol. The molecule has 2 aliphatic carbocycles. The molecule has 2 nitrogen and oxygen atoms in total. The van der Waals surface area contributed by atoms with Crippen molar-refractivity contribution in [1.29, 1.82) is 0 Å². The van der Waals surface area contributed by atoms with Gasteiger partial charge in [-0.1, -0.05) is 42.0 Å². The number of rotatable bonds is 4. The van der Waals surface area contributed by atoms with Gasteiger partial charge in [0.15, 0.2) is 0 Å². The molecule has 22 heavy (non-hydrogen) atoms. The lowest BCUT2D eigenvalue weighted by Gasteiger charge is -2.23. The zero-order valence-corrected chi connectivity index (χ0v) is 13.9. The summed E-state index contributed by atoms with van der Waals surface area (Å²) in [7, 11) is 0. The number of hydrogen-bond acceptors (Lipinski definition) is 3. The molecule has 1 aromatic rings. The summed E-state index contributed by atoms with van der Waals surface area (Å²) in [6, 6.07) is 8.75. The van der Waals surface area contributed by atoms with Gasteiger partial charge in [-0.2, -0.15) is 0 Å². The van der Waals surface area contributed by atoms with Gasteiger partial charge in [0.05, 0.1) is 10.3 Å². The molecule has 0 radical (unpaired) electrons. The number of hydrogen-bond donors (Lipinski definition) is 0. The van der Waals surface area contributed by atoms with Gasteiger partial charge >= 0.3 is 0 Å². The summed E-state index contributed by atoms with van der Waals surface area (Å²) in [6.07, 6.45) is 7.13. The van der Waals surface area contributed by atoms with Crippen molar-refractivity contribution >= 4 is 16.8 Å². The van der Waals surface area contributed by atoms with Crippen LogP contribution in [0.5, 0.6) is 0 Å². The molecule has 3 heteroatoms. The second kappa shape index (κ2) is 5.62. The molecule has 114 valence electrons. The molecule has 0 N–H and O–H groups in total. The topological polar surface area (TPSA) is 21.6 Å². The molecule has 1 saturated carbocycles. The Hall–Kier alpha value is -1.48. The van der Waals surface area contributed by atoms with E-state index in [9.17, 15) is 0 Å². The SMILES string of the molecule is CC1=C(OCc2ccc(C)cc2)C2N=C(C3CC3)SC2C=C1. The number of allylic oxidation sites excluding steroid dienone is 2. The number of thioether (sulfide) groups is 1. The molecule has 2 unspecified atom stereocenters. The third-order valence-electron chi connectivity index (χ3n) is 4.47. The number of ether oxygens (including phenoxy) is 1. The summed E-state index contributed by atoms with van der Waals surface area (Å²) in [5, 5.41) is 1.79. The van der Waals surface area contributed by atoms with Crippen LogP contribution in [0, 0.1) is 12.8 Å². The number of aryl methyl sites for hydroxylation is 1. The maximum absolute atomic E-state index is 6.19. The number of benzene rings is 1.